The smallest absolute Gasteiger partial charge is 0.325 e. The Bertz CT molecular complexity index is 474. The van der Waals surface area contributed by atoms with Crippen LogP contribution < -0.4 is 11.0 Å². The van der Waals surface area contributed by atoms with Crippen LogP contribution in [0.1, 0.15) is 34.6 Å². The Morgan fingerprint density at radius 3 is 2.41 bits per heavy atom. The van der Waals surface area contributed by atoms with Crippen LogP contribution in [0.5, 0.6) is 0 Å². The third-order valence-corrected chi connectivity index (χ3v) is 1.66. The van der Waals surface area contributed by atoms with E-state index in [4.69, 9.17) is 0 Å². The maximum Gasteiger partial charge on any atom is 0.325 e. The molecule has 2 rings (SSSR count). The summed E-state index contributed by atoms with van der Waals surface area (Å²) in [4.78, 5) is 24.0. The van der Waals surface area contributed by atoms with Gasteiger partial charge in [0.25, 0.3) is 0 Å². The van der Waals surface area contributed by atoms with Crippen LogP contribution in [-0.4, -0.2) is 26.5 Å². The first-order valence-corrected chi connectivity index (χ1v) is 5.98. The molecule has 0 radical (unpaired) electrons. The maximum atomic E-state index is 10.9. The van der Waals surface area contributed by atoms with Gasteiger partial charge >= 0.3 is 5.69 Å². The number of rotatable bonds is 2. The lowest BCUT2D eigenvalue weighted by Crippen LogP contribution is -2.01. The molecule has 0 atom stereocenters. The molecule has 0 bridgehead atoms. The fraction of sp³-hybridized carbons (Fsp3) is 0.545. The lowest BCUT2D eigenvalue weighted by molar-refractivity contribution is 1.13. The molecule has 6 nitrogen and oxygen atoms in total. The topological polar surface area (TPSA) is 86.5 Å². The summed E-state index contributed by atoms with van der Waals surface area (Å²) in [6, 6.07) is 0. The number of fused-ring (bicyclic) bond motifs is 1. The van der Waals surface area contributed by atoms with Crippen molar-refractivity contribution in [2.24, 2.45) is 0 Å². The Morgan fingerprint density at radius 2 is 1.82 bits per heavy atom. The molecule has 0 fully saturated rings. The number of aromatic nitrogens is 4. The standard InChI is InChI=1S/C7H9N5O.2C2H6/c1-2-8-5-4-6(10-3-9-5)12-7(13)11-4;2*1-2/h3H,2H2,1H3,(H3,8,9,10,11,12,13);2*1-2H3. The minimum atomic E-state index is -0.269. The number of nitrogens with one attached hydrogen (secondary N) is 3. The van der Waals surface area contributed by atoms with Crippen molar-refractivity contribution in [3.8, 4) is 0 Å². The maximum absolute atomic E-state index is 10.9. The largest absolute Gasteiger partial charge is 0.368 e. The van der Waals surface area contributed by atoms with Crippen molar-refractivity contribution >= 4 is 17.0 Å². The SMILES string of the molecule is CC.CC.CCNc1ncnc2[nH]c(=O)[nH]c12. The first-order valence-electron chi connectivity index (χ1n) is 5.98. The van der Waals surface area contributed by atoms with Crippen molar-refractivity contribution in [2.45, 2.75) is 34.6 Å². The zero-order valence-corrected chi connectivity index (χ0v) is 11.1. The van der Waals surface area contributed by atoms with Crippen molar-refractivity contribution in [3.05, 3.63) is 16.8 Å². The van der Waals surface area contributed by atoms with Crippen LogP contribution in [0.3, 0.4) is 0 Å². The van der Waals surface area contributed by atoms with Crippen LogP contribution in [-0.2, 0) is 0 Å². The summed E-state index contributed by atoms with van der Waals surface area (Å²) in [6.45, 7) is 10.7. The highest BCUT2D eigenvalue weighted by atomic mass is 16.1. The van der Waals surface area contributed by atoms with Gasteiger partial charge in [0.1, 0.15) is 11.8 Å². The van der Waals surface area contributed by atoms with Gasteiger partial charge in [0.05, 0.1) is 0 Å². The lowest BCUT2D eigenvalue weighted by Gasteiger charge is -2.00. The van der Waals surface area contributed by atoms with E-state index in [-0.39, 0.29) is 5.69 Å². The Morgan fingerprint density at radius 1 is 1.18 bits per heavy atom. The quantitative estimate of drug-likeness (QED) is 0.749. The van der Waals surface area contributed by atoms with E-state index < -0.39 is 0 Å². The average molecular weight is 239 g/mol. The van der Waals surface area contributed by atoms with Crippen LogP contribution in [0.25, 0.3) is 11.2 Å². The lowest BCUT2D eigenvalue weighted by atomic mass is 10.5. The second-order valence-corrected chi connectivity index (χ2v) is 2.56. The monoisotopic (exact) mass is 239 g/mol. The van der Waals surface area contributed by atoms with E-state index in [2.05, 4.69) is 25.3 Å². The van der Waals surface area contributed by atoms with Gasteiger partial charge in [-0.1, -0.05) is 27.7 Å². The van der Waals surface area contributed by atoms with E-state index in [9.17, 15) is 4.79 Å². The van der Waals surface area contributed by atoms with Crippen LogP contribution >= 0.6 is 0 Å². The summed E-state index contributed by atoms with van der Waals surface area (Å²) in [7, 11) is 0. The highest BCUT2D eigenvalue weighted by Gasteiger charge is 2.04. The van der Waals surface area contributed by atoms with E-state index in [1.165, 1.54) is 6.33 Å². The molecule has 96 valence electrons. The zero-order valence-electron chi connectivity index (χ0n) is 11.1. The van der Waals surface area contributed by atoms with Crippen molar-refractivity contribution in [1.82, 2.24) is 19.9 Å². The molecule has 0 saturated carbocycles. The molecule has 0 unspecified atom stereocenters. The summed E-state index contributed by atoms with van der Waals surface area (Å²) < 4.78 is 0. The van der Waals surface area contributed by atoms with E-state index >= 15 is 0 Å². The number of imidazole rings is 1. The third kappa shape index (κ3) is 3.90. The fourth-order valence-corrected chi connectivity index (χ4v) is 1.15. The van der Waals surface area contributed by atoms with E-state index in [0.29, 0.717) is 17.0 Å². The van der Waals surface area contributed by atoms with Crippen molar-refractivity contribution in [1.29, 1.82) is 0 Å². The molecule has 6 heteroatoms. The predicted molar refractivity (Wildman–Crippen MR) is 71.4 cm³/mol. The number of aromatic amines is 2. The molecule has 2 heterocycles. The van der Waals surface area contributed by atoms with Crippen molar-refractivity contribution in [3.63, 3.8) is 0 Å². The molecular formula is C11H21N5O. The molecule has 17 heavy (non-hydrogen) atoms. The summed E-state index contributed by atoms with van der Waals surface area (Å²) >= 11 is 0. The highest BCUT2D eigenvalue weighted by Crippen LogP contribution is 2.11. The van der Waals surface area contributed by atoms with Crippen LogP contribution in [0.15, 0.2) is 11.1 Å². The summed E-state index contributed by atoms with van der Waals surface area (Å²) in [5.41, 5.74) is 0.875. The van der Waals surface area contributed by atoms with E-state index in [1.54, 1.807) is 0 Å². The molecule has 2 aromatic rings. The van der Waals surface area contributed by atoms with Crippen molar-refractivity contribution < 1.29 is 0 Å². The van der Waals surface area contributed by atoms with Gasteiger partial charge in [-0.15, -0.1) is 0 Å². The molecule has 2 aromatic heterocycles. The summed E-state index contributed by atoms with van der Waals surface area (Å²) in [5.74, 6) is 0.644. The van der Waals surface area contributed by atoms with Crippen LogP contribution in [0.4, 0.5) is 5.82 Å². The average Bonchev–Trinajstić information content (AvgIpc) is 2.76. The van der Waals surface area contributed by atoms with Gasteiger partial charge in [-0.25, -0.2) is 14.8 Å². The molecular weight excluding hydrogens is 218 g/mol. The Balaban J connectivity index is 0.000000581. The Kier molecular flexibility index (Phi) is 7.41. The first kappa shape index (κ1) is 15.2. The van der Waals surface area contributed by atoms with Gasteiger partial charge in [0.2, 0.25) is 0 Å². The van der Waals surface area contributed by atoms with Gasteiger partial charge in [-0.2, -0.15) is 0 Å². The van der Waals surface area contributed by atoms with Gasteiger partial charge in [-0.3, -0.25) is 4.98 Å². The number of anilines is 1. The number of nitrogens with zero attached hydrogens (tertiary/aromatic N) is 2. The van der Waals surface area contributed by atoms with Gasteiger partial charge in [0.15, 0.2) is 11.5 Å². The molecule has 0 aliphatic heterocycles. The second-order valence-electron chi connectivity index (χ2n) is 2.56. The molecule has 0 saturated heterocycles. The minimum absolute atomic E-state index is 0.269. The number of hydrogen-bond donors (Lipinski definition) is 3. The Hall–Kier alpha value is -1.85. The van der Waals surface area contributed by atoms with Crippen LogP contribution in [0.2, 0.25) is 0 Å². The number of H-pyrrole nitrogens is 2. The normalized spacial score (nSPS) is 8.76. The Labute approximate surface area is 101 Å². The number of hydrogen-bond acceptors (Lipinski definition) is 4. The molecule has 0 amide bonds. The molecule has 0 aromatic carbocycles. The van der Waals surface area contributed by atoms with E-state index in [0.717, 1.165) is 6.54 Å². The minimum Gasteiger partial charge on any atom is -0.368 e. The zero-order chi connectivity index (χ0) is 13.3. The summed E-state index contributed by atoms with van der Waals surface area (Å²) in [6.07, 6.45) is 1.41. The highest BCUT2D eigenvalue weighted by molar-refractivity contribution is 5.81. The van der Waals surface area contributed by atoms with E-state index in [1.807, 2.05) is 34.6 Å². The second kappa shape index (κ2) is 8.32. The molecule has 0 aliphatic carbocycles. The fourth-order valence-electron chi connectivity index (χ4n) is 1.15. The summed E-state index contributed by atoms with van der Waals surface area (Å²) in [5, 5.41) is 3.02. The predicted octanol–water partition coefficient (Wildman–Crippen LogP) is 2.13. The van der Waals surface area contributed by atoms with Crippen molar-refractivity contribution in [2.75, 3.05) is 11.9 Å². The van der Waals surface area contributed by atoms with Gasteiger partial charge in [-0.05, 0) is 6.92 Å². The molecule has 3 N–H and O–H groups in total. The van der Waals surface area contributed by atoms with Gasteiger partial charge in [0, 0.05) is 6.54 Å². The van der Waals surface area contributed by atoms with Crippen LogP contribution in [0, 0.1) is 0 Å². The molecule has 0 aliphatic rings. The molecule has 0 spiro atoms. The third-order valence-electron chi connectivity index (χ3n) is 1.66. The first-order chi connectivity index (χ1) is 8.31. The van der Waals surface area contributed by atoms with Gasteiger partial charge < -0.3 is 10.3 Å².